The highest BCUT2D eigenvalue weighted by atomic mass is 15.2. The highest BCUT2D eigenvalue weighted by Gasteiger charge is 2.43. The van der Waals surface area contributed by atoms with Crippen LogP contribution in [0.4, 0.5) is 0 Å². The Hall–Kier alpha value is -1.42. The number of pyridine rings is 1. The lowest BCUT2D eigenvalue weighted by Gasteiger charge is -2.24. The molecule has 1 fully saturated rings. The van der Waals surface area contributed by atoms with E-state index in [4.69, 9.17) is 10.7 Å². The molecule has 2 heterocycles. The minimum Gasteiger partial charge on any atom is -0.319 e. The molecule has 0 aromatic carbocycles. The van der Waals surface area contributed by atoms with Crippen LogP contribution in [-0.2, 0) is 12.1 Å². The van der Waals surface area contributed by atoms with Gasteiger partial charge in [-0.1, -0.05) is 0 Å². The first-order chi connectivity index (χ1) is 8.14. The van der Waals surface area contributed by atoms with Gasteiger partial charge in [-0.25, -0.2) is 9.97 Å². The van der Waals surface area contributed by atoms with Crippen molar-refractivity contribution in [3.05, 3.63) is 24.2 Å². The van der Waals surface area contributed by atoms with Gasteiger partial charge in [0.15, 0.2) is 5.65 Å². The van der Waals surface area contributed by atoms with Crippen LogP contribution in [0.2, 0.25) is 0 Å². The van der Waals surface area contributed by atoms with E-state index in [1.807, 2.05) is 18.3 Å². The maximum absolute atomic E-state index is 6.47. The standard InChI is InChI=1S/C13H18N4/c1-3-17-11-10(5-4-8-15-11)16-12(17)13(2,14)9-6-7-9/h4-5,8-9H,3,6-7,14H2,1-2H3. The van der Waals surface area contributed by atoms with Gasteiger partial charge in [-0.2, -0.15) is 0 Å². The van der Waals surface area contributed by atoms with Crippen molar-refractivity contribution in [3.8, 4) is 0 Å². The molecular weight excluding hydrogens is 212 g/mol. The van der Waals surface area contributed by atoms with Crippen molar-refractivity contribution in [2.75, 3.05) is 0 Å². The van der Waals surface area contributed by atoms with Gasteiger partial charge >= 0.3 is 0 Å². The number of hydrogen-bond donors (Lipinski definition) is 1. The maximum atomic E-state index is 6.47. The summed E-state index contributed by atoms with van der Waals surface area (Å²) in [6.07, 6.45) is 4.24. The molecule has 17 heavy (non-hydrogen) atoms. The number of imidazole rings is 1. The average Bonchev–Trinajstić information content (AvgIpc) is 3.10. The van der Waals surface area contributed by atoms with Gasteiger partial charge in [0, 0.05) is 12.7 Å². The Bertz CT molecular complexity index is 552. The van der Waals surface area contributed by atoms with Crippen LogP contribution in [-0.4, -0.2) is 14.5 Å². The quantitative estimate of drug-likeness (QED) is 0.877. The largest absolute Gasteiger partial charge is 0.319 e. The van der Waals surface area contributed by atoms with Crippen LogP contribution in [0, 0.1) is 5.92 Å². The van der Waals surface area contributed by atoms with Crippen molar-refractivity contribution >= 4 is 11.2 Å². The fourth-order valence-electron chi connectivity index (χ4n) is 2.53. The Kier molecular flexibility index (Phi) is 2.23. The number of nitrogens with two attached hydrogens (primary N) is 1. The summed E-state index contributed by atoms with van der Waals surface area (Å²) >= 11 is 0. The Morgan fingerprint density at radius 1 is 1.53 bits per heavy atom. The molecule has 2 aromatic rings. The van der Waals surface area contributed by atoms with E-state index in [9.17, 15) is 0 Å². The highest BCUT2D eigenvalue weighted by Crippen LogP contribution is 2.43. The van der Waals surface area contributed by atoms with Crippen LogP contribution in [0.15, 0.2) is 18.3 Å². The number of hydrogen-bond acceptors (Lipinski definition) is 3. The van der Waals surface area contributed by atoms with E-state index >= 15 is 0 Å². The van der Waals surface area contributed by atoms with E-state index in [1.165, 1.54) is 12.8 Å². The number of nitrogens with zero attached hydrogens (tertiary/aromatic N) is 3. The summed E-state index contributed by atoms with van der Waals surface area (Å²) in [5.41, 5.74) is 8.04. The summed E-state index contributed by atoms with van der Waals surface area (Å²) in [5.74, 6) is 1.56. The number of fused-ring (bicyclic) bond motifs is 1. The molecule has 1 unspecified atom stereocenters. The van der Waals surface area contributed by atoms with Crippen LogP contribution in [0.25, 0.3) is 11.2 Å². The van der Waals surface area contributed by atoms with Crippen molar-refractivity contribution in [1.29, 1.82) is 0 Å². The summed E-state index contributed by atoms with van der Waals surface area (Å²) in [6.45, 7) is 5.07. The second-order valence-corrected chi connectivity index (χ2v) is 5.08. The van der Waals surface area contributed by atoms with Gasteiger partial charge in [0.05, 0.1) is 5.54 Å². The van der Waals surface area contributed by atoms with E-state index in [2.05, 4.69) is 23.4 Å². The maximum Gasteiger partial charge on any atom is 0.160 e. The van der Waals surface area contributed by atoms with Gasteiger partial charge in [0.25, 0.3) is 0 Å². The lowest BCUT2D eigenvalue weighted by molar-refractivity contribution is 0.385. The first-order valence-corrected chi connectivity index (χ1v) is 6.25. The fraction of sp³-hybridized carbons (Fsp3) is 0.538. The lowest BCUT2D eigenvalue weighted by atomic mass is 9.96. The summed E-state index contributed by atoms with van der Waals surface area (Å²) in [5, 5.41) is 0. The first kappa shape index (κ1) is 10.7. The van der Waals surface area contributed by atoms with E-state index in [0.717, 1.165) is 23.5 Å². The summed E-state index contributed by atoms with van der Waals surface area (Å²) < 4.78 is 2.15. The lowest BCUT2D eigenvalue weighted by Crippen LogP contribution is -2.38. The number of rotatable bonds is 3. The van der Waals surface area contributed by atoms with Crippen LogP contribution in [0.3, 0.4) is 0 Å². The van der Waals surface area contributed by atoms with E-state index in [1.54, 1.807) is 0 Å². The van der Waals surface area contributed by atoms with Crippen molar-refractivity contribution < 1.29 is 0 Å². The zero-order chi connectivity index (χ0) is 12.0. The Morgan fingerprint density at radius 2 is 2.29 bits per heavy atom. The first-order valence-electron chi connectivity index (χ1n) is 6.25. The minimum absolute atomic E-state index is 0.323. The zero-order valence-electron chi connectivity index (χ0n) is 10.3. The van der Waals surface area contributed by atoms with Crippen LogP contribution in [0.1, 0.15) is 32.5 Å². The molecule has 1 aliphatic rings. The topological polar surface area (TPSA) is 56.7 Å². The molecule has 3 rings (SSSR count). The fourth-order valence-corrected chi connectivity index (χ4v) is 2.53. The van der Waals surface area contributed by atoms with Gasteiger partial charge in [-0.15, -0.1) is 0 Å². The Balaban J connectivity index is 2.21. The van der Waals surface area contributed by atoms with E-state index in [0.29, 0.717) is 5.92 Å². The molecule has 0 spiro atoms. The molecule has 1 atom stereocenters. The average molecular weight is 230 g/mol. The molecule has 0 aliphatic heterocycles. The molecule has 0 amide bonds. The molecule has 2 aromatic heterocycles. The third-order valence-electron chi connectivity index (χ3n) is 3.73. The monoisotopic (exact) mass is 230 g/mol. The minimum atomic E-state index is -0.323. The van der Waals surface area contributed by atoms with Gasteiger partial charge in [-0.3, -0.25) is 0 Å². The second-order valence-electron chi connectivity index (χ2n) is 5.08. The predicted molar refractivity (Wildman–Crippen MR) is 67.5 cm³/mol. The van der Waals surface area contributed by atoms with Gasteiger partial charge in [0.2, 0.25) is 0 Å². The highest BCUT2D eigenvalue weighted by molar-refractivity contribution is 5.71. The summed E-state index contributed by atoms with van der Waals surface area (Å²) in [7, 11) is 0. The third kappa shape index (κ3) is 1.55. The van der Waals surface area contributed by atoms with Crippen LogP contribution < -0.4 is 5.73 Å². The molecule has 1 saturated carbocycles. The molecule has 0 radical (unpaired) electrons. The molecule has 4 heteroatoms. The molecule has 0 bridgehead atoms. The van der Waals surface area contributed by atoms with Crippen molar-refractivity contribution in [2.45, 2.75) is 38.8 Å². The van der Waals surface area contributed by atoms with Crippen LogP contribution in [0.5, 0.6) is 0 Å². The van der Waals surface area contributed by atoms with Gasteiger partial charge < -0.3 is 10.3 Å². The van der Waals surface area contributed by atoms with Gasteiger partial charge in [0.1, 0.15) is 11.3 Å². The number of aromatic nitrogens is 3. The molecule has 90 valence electrons. The number of aryl methyl sites for hydroxylation is 1. The molecule has 1 aliphatic carbocycles. The van der Waals surface area contributed by atoms with E-state index in [-0.39, 0.29) is 5.54 Å². The van der Waals surface area contributed by atoms with Gasteiger partial charge in [-0.05, 0) is 44.7 Å². The smallest absolute Gasteiger partial charge is 0.160 e. The summed E-state index contributed by atoms with van der Waals surface area (Å²) in [6, 6.07) is 3.92. The van der Waals surface area contributed by atoms with Crippen LogP contribution >= 0.6 is 0 Å². The van der Waals surface area contributed by atoms with Crippen molar-refractivity contribution in [1.82, 2.24) is 14.5 Å². The molecule has 2 N–H and O–H groups in total. The Labute approximate surface area is 101 Å². The molecular formula is C13H18N4. The van der Waals surface area contributed by atoms with Crippen molar-refractivity contribution in [3.63, 3.8) is 0 Å². The SMILES string of the molecule is CCn1c(C(C)(N)C2CC2)nc2cccnc21. The van der Waals surface area contributed by atoms with E-state index < -0.39 is 0 Å². The Morgan fingerprint density at radius 3 is 2.94 bits per heavy atom. The molecule has 4 nitrogen and oxygen atoms in total. The molecule has 0 saturated heterocycles. The summed E-state index contributed by atoms with van der Waals surface area (Å²) in [4.78, 5) is 9.10. The predicted octanol–water partition coefficient (Wildman–Crippen LogP) is 2.04. The zero-order valence-corrected chi connectivity index (χ0v) is 10.3. The van der Waals surface area contributed by atoms with Crippen molar-refractivity contribution in [2.24, 2.45) is 11.7 Å². The third-order valence-corrected chi connectivity index (χ3v) is 3.73. The normalized spacial score (nSPS) is 19.5. The second kappa shape index (κ2) is 3.53.